The summed E-state index contributed by atoms with van der Waals surface area (Å²) in [6.07, 6.45) is 6.73. The Bertz CT molecular complexity index is 427. The molecule has 1 unspecified atom stereocenters. The van der Waals surface area contributed by atoms with Crippen LogP contribution in [-0.2, 0) is 13.5 Å². The third-order valence-electron chi connectivity index (χ3n) is 4.03. The zero-order valence-electron chi connectivity index (χ0n) is 12.8. The first-order valence-electron chi connectivity index (χ1n) is 7.64. The second kappa shape index (κ2) is 7.85. The minimum absolute atomic E-state index is 0.539. The van der Waals surface area contributed by atoms with Gasteiger partial charge in [-0.15, -0.1) is 0 Å². The smallest absolute Gasteiger partial charge is 0.0738 e. The molecule has 1 atom stereocenters. The number of nitrogens with one attached hydrogen (secondary N) is 1. The lowest BCUT2D eigenvalue weighted by molar-refractivity contribution is 0.547. The summed E-state index contributed by atoms with van der Waals surface area (Å²) in [6, 6.07) is 0.539. The van der Waals surface area contributed by atoms with Crippen molar-refractivity contribution in [3.8, 4) is 0 Å². The molecule has 0 aromatic carbocycles. The van der Waals surface area contributed by atoms with Gasteiger partial charge >= 0.3 is 0 Å². The van der Waals surface area contributed by atoms with Crippen LogP contribution < -0.4 is 5.32 Å². The van der Waals surface area contributed by atoms with Gasteiger partial charge in [-0.1, -0.05) is 19.8 Å². The summed E-state index contributed by atoms with van der Waals surface area (Å²) in [5.41, 5.74) is 2.39. The first kappa shape index (κ1) is 16.4. The fourth-order valence-corrected chi connectivity index (χ4v) is 4.83. The highest BCUT2D eigenvalue weighted by atomic mass is 79.9. The number of thioether (sulfide) groups is 1. The van der Waals surface area contributed by atoms with Crippen LogP contribution in [0.2, 0.25) is 0 Å². The van der Waals surface area contributed by atoms with Gasteiger partial charge in [0.1, 0.15) is 0 Å². The van der Waals surface area contributed by atoms with Crippen LogP contribution in [0.4, 0.5) is 0 Å². The second-order valence-electron chi connectivity index (χ2n) is 5.67. The van der Waals surface area contributed by atoms with E-state index in [1.54, 1.807) is 0 Å². The molecule has 1 aromatic rings. The zero-order valence-corrected chi connectivity index (χ0v) is 15.2. The van der Waals surface area contributed by atoms with Crippen LogP contribution in [0.25, 0.3) is 0 Å². The normalized spacial score (nSPS) is 17.8. The van der Waals surface area contributed by atoms with E-state index in [1.807, 2.05) is 11.7 Å². The van der Waals surface area contributed by atoms with Crippen molar-refractivity contribution in [2.45, 2.75) is 57.2 Å². The molecule has 1 aromatic heterocycles. The highest BCUT2D eigenvalue weighted by Crippen LogP contribution is 2.30. The number of nitrogens with zero attached hydrogens (tertiary/aromatic N) is 2. The van der Waals surface area contributed by atoms with Gasteiger partial charge in [0.25, 0.3) is 0 Å². The predicted octanol–water partition coefficient (Wildman–Crippen LogP) is 3.69. The SMILES string of the molecule is CCNC(CSC1CCCC1)Cc1c(Br)c(C)nn1C. The number of halogens is 1. The highest BCUT2D eigenvalue weighted by Gasteiger charge is 2.20. The average Bonchev–Trinajstić information content (AvgIpc) is 3.00. The van der Waals surface area contributed by atoms with Crippen LogP contribution in [0.3, 0.4) is 0 Å². The lowest BCUT2D eigenvalue weighted by atomic mass is 10.1. The number of hydrogen-bond acceptors (Lipinski definition) is 3. The van der Waals surface area contributed by atoms with E-state index < -0.39 is 0 Å². The molecule has 3 nitrogen and oxygen atoms in total. The Morgan fingerprint density at radius 1 is 1.45 bits per heavy atom. The molecule has 1 saturated carbocycles. The van der Waals surface area contributed by atoms with Crippen molar-refractivity contribution in [1.82, 2.24) is 15.1 Å². The summed E-state index contributed by atoms with van der Waals surface area (Å²) in [6.45, 7) is 5.28. The van der Waals surface area contributed by atoms with Crippen LogP contribution in [0, 0.1) is 6.92 Å². The summed E-state index contributed by atoms with van der Waals surface area (Å²) >= 11 is 5.84. The second-order valence-corrected chi connectivity index (χ2v) is 7.79. The van der Waals surface area contributed by atoms with Crippen LogP contribution in [0.5, 0.6) is 0 Å². The van der Waals surface area contributed by atoms with Crippen molar-refractivity contribution in [3.63, 3.8) is 0 Å². The monoisotopic (exact) mass is 359 g/mol. The van der Waals surface area contributed by atoms with Gasteiger partial charge in [0.15, 0.2) is 0 Å². The highest BCUT2D eigenvalue weighted by molar-refractivity contribution is 9.10. The number of aryl methyl sites for hydroxylation is 2. The maximum Gasteiger partial charge on any atom is 0.0738 e. The lowest BCUT2D eigenvalue weighted by Crippen LogP contribution is -2.34. The molecular formula is C15H26BrN3S. The number of hydrogen-bond donors (Lipinski definition) is 1. The molecule has 114 valence electrons. The number of likely N-dealkylation sites (N-methyl/N-ethyl adjacent to an activating group) is 1. The van der Waals surface area contributed by atoms with Crippen molar-refractivity contribution in [2.24, 2.45) is 7.05 Å². The molecule has 0 spiro atoms. The van der Waals surface area contributed by atoms with Crippen LogP contribution in [-0.4, -0.2) is 33.4 Å². The van der Waals surface area contributed by atoms with E-state index in [0.29, 0.717) is 6.04 Å². The maximum absolute atomic E-state index is 4.50. The van der Waals surface area contributed by atoms with Gasteiger partial charge in [-0.2, -0.15) is 16.9 Å². The van der Waals surface area contributed by atoms with Crippen molar-refractivity contribution in [2.75, 3.05) is 12.3 Å². The summed E-state index contributed by atoms with van der Waals surface area (Å²) in [5, 5.41) is 9.03. The topological polar surface area (TPSA) is 29.9 Å². The molecule has 20 heavy (non-hydrogen) atoms. The molecule has 1 aliphatic carbocycles. The predicted molar refractivity (Wildman–Crippen MR) is 91.5 cm³/mol. The van der Waals surface area contributed by atoms with E-state index >= 15 is 0 Å². The van der Waals surface area contributed by atoms with E-state index in [-0.39, 0.29) is 0 Å². The van der Waals surface area contributed by atoms with Crippen molar-refractivity contribution >= 4 is 27.7 Å². The summed E-state index contributed by atoms with van der Waals surface area (Å²) in [5.74, 6) is 1.20. The van der Waals surface area contributed by atoms with E-state index in [9.17, 15) is 0 Å². The summed E-state index contributed by atoms with van der Waals surface area (Å²) in [4.78, 5) is 0. The Kier molecular flexibility index (Phi) is 6.43. The molecule has 0 amide bonds. The molecule has 0 radical (unpaired) electrons. The lowest BCUT2D eigenvalue weighted by Gasteiger charge is -2.20. The maximum atomic E-state index is 4.50. The van der Waals surface area contributed by atoms with Gasteiger partial charge in [0.2, 0.25) is 0 Å². The third kappa shape index (κ3) is 4.25. The largest absolute Gasteiger partial charge is 0.313 e. The zero-order chi connectivity index (χ0) is 14.5. The van der Waals surface area contributed by atoms with E-state index in [0.717, 1.165) is 23.9 Å². The quantitative estimate of drug-likeness (QED) is 0.804. The van der Waals surface area contributed by atoms with E-state index in [2.05, 4.69) is 52.0 Å². The minimum Gasteiger partial charge on any atom is -0.313 e. The Balaban J connectivity index is 1.93. The average molecular weight is 360 g/mol. The first-order chi connectivity index (χ1) is 9.61. The molecule has 1 aliphatic rings. The molecule has 5 heteroatoms. The fourth-order valence-electron chi connectivity index (χ4n) is 2.92. The number of rotatable bonds is 7. The van der Waals surface area contributed by atoms with Gasteiger partial charge in [0, 0.05) is 30.5 Å². The Morgan fingerprint density at radius 3 is 2.70 bits per heavy atom. The minimum atomic E-state index is 0.539. The van der Waals surface area contributed by atoms with Gasteiger partial charge in [-0.25, -0.2) is 0 Å². The molecular weight excluding hydrogens is 334 g/mol. The summed E-state index contributed by atoms with van der Waals surface area (Å²) < 4.78 is 3.19. The van der Waals surface area contributed by atoms with Crippen molar-refractivity contribution in [3.05, 3.63) is 15.9 Å². The Hall–Kier alpha value is 0. The van der Waals surface area contributed by atoms with Gasteiger partial charge in [-0.3, -0.25) is 4.68 Å². The molecule has 1 N–H and O–H groups in total. The molecule has 0 bridgehead atoms. The van der Waals surface area contributed by atoms with Gasteiger partial charge < -0.3 is 5.32 Å². The fraction of sp³-hybridized carbons (Fsp3) is 0.800. The Morgan fingerprint density at radius 2 is 2.15 bits per heavy atom. The molecule has 0 aliphatic heterocycles. The van der Waals surface area contributed by atoms with Crippen LogP contribution in [0.15, 0.2) is 4.47 Å². The van der Waals surface area contributed by atoms with Crippen molar-refractivity contribution < 1.29 is 0 Å². The Labute approximate surface area is 135 Å². The molecule has 1 heterocycles. The van der Waals surface area contributed by atoms with E-state index in [1.165, 1.54) is 41.6 Å². The van der Waals surface area contributed by atoms with E-state index in [4.69, 9.17) is 0 Å². The first-order valence-corrected chi connectivity index (χ1v) is 9.49. The standard InChI is InChI=1S/C15H26BrN3S/c1-4-17-12(10-20-13-7-5-6-8-13)9-14-15(16)11(2)18-19(14)3/h12-13,17H,4-10H2,1-3H3. The van der Waals surface area contributed by atoms with Gasteiger partial charge in [0.05, 0.1) is 15.9 Å². The van der Waals surface area contributed by atoms with Crippen LogP contribution >= 0.6 is 27.7 Å². The van der Waals surface area contributed by atoms with Crippen molar-refractivity contribution in [1.29, 1.82) is 0 Å². The molecule has 1 fully saturated rings. The summed E-state index contributed by atoms with van der Waals surface area (Å²) in [7, 11) is 2.04. The number of aromatic nitrogens is 2. The molecule has 0 saturated heterocycles. The van der Waals surface area contributed by atoms with Crippen LogP contribution in [0.1, 0.15) is 44.0 Å². The molecule has 2 rings (SSSR count). The van der Waals surface area contributed by atoms with Gasteiger partial charge in [-0.05, 0) is 42.2 Å². The third-order valence-corrected chi connectivity index (χ3v) is 6.60.